The first-order valence-corrected chi connectivity index (χ1v) is 11.9. The Kier molecular flexibility index (Phi) is 6.40. The topological polar surface area (TPSA) is 130 Å². The summed E-state index contributed by atoms with van der Waals surface area (Å²) in [5.41, 5.74) is 1.03. The van der Waals surface area contributed by atoms with Gasteiger partial charge in [-0.25, -0.2) is 14.8 Å². The Morgan fingerprint density at radius 3 is 2.71 bits per heavy atom. The lowest BCUT2D eigenvalue weighted by molar-refractivity contribution is -0.112. The van der Waals surface area contributed by atoms with E-state index in [0.717, 1.165) is 12.8 Å². The van der Waals surface area contributed by atoms with Crippen LogP contribution in [0.15, 0.2) is 24.5 Å². The van der Waals surface area contributed by atoms with Gasteiger partial charge in [-0.15, -0.1) is 0 Å². The minimum atomic E-state index is -0.359. The number of hydrogen-bond donors (Lipinski definition) is 2. The SMILES string of the molecule is CC1(OC(=O)N2CC3COCC(C2)C3Oc2ncnc(Nc3ccc(C#N)cc3Cl)c2CO)CC1. The molecule has 2 saturated heterocycles. The Hall–Kier alpha value is -3.13. The zero-order valence-corrected chi connectivity index (χ0v) is 20.0. The lowest BCUT2D eigenvalue weighted by Gasteiger charge is -2.46. The number of nitrogens with zero attached hydrogens (tertiary/aromatic N) is 4. The first kappa shape index (κ1) is 23.6. The maximum absolute atomic E-state index is 12.7. The number of halogens is 1. The highest BCUT2D eigenvalue weighted by Crippen LogP contribution is 2.40. The number of hydrogen-bond acceptors (Lipinski definition) is 9. The van der Waals surface area contributed by atoms with Gasteiger partial charge >= 0.3 is 6.09 Å². The van der Waals surface area contributed by atoms with Crippen LogP contribution in [0.1, 0.15) is 30.9 Å². The summed E-state index contributed by atoms with van der Waals surface area (Å²) in [4.78, 5) is 22.9. The molecule has 3 fully saturated rings. The van der Waals surface area contributed by atoms with E-state index in [1.54, 1.807) is 23.1 Å². The van der Waals surface area contributed by atoms with E-state index in [1.165, 1.54) is 6.33 Å². The van der Waals surface area contributed by atoms with Crippen LogP contribution < -0.4 is 10.1 Å². The van der Waals surface area contributed by atoms with Gasteiger partial charge < -0.3 is 29.5 Å². The third-order valence-electron chi connectivity index (χ3n) is 6.71. The molecule has 2 atom stereocenters. The van der Waals surface area contributed by atoms with Gasteiger partial charge in [0.15, 0.2) is 0 Å². The summed E-state index contributed by atoms with van der Waals surface area (Å²) < 4.78 is 17.7. The van der Waals surface area contributed by atoms with Crippen LogP contribution in [0, 0.1) is 23.2 Å². The van der Waals surface area contributed by atoms with E-state index < -0.39 is 0 Å². The number of aliphatic hydroxyl groups is 1. The molecule has 2 unspecified atom stereocenters. The van der Waals surface area contributed by atoms with E-state index in [4.69, 9.17) is 31.1 Å². The predicted molar refractivity (Wildman–Crippen MR) is 125 cm³/mol. The number of piperidine rings is 1. The number of fused-ring (bicyclic) bond motifs is 2. The van der Waals surface area contributed by atoms with Crippen LogP contribution in [0.25, 0.3) is 0 Å². The van der Waals surface area contributed by atoms with Crippen LogP contribution in [0.3, 0.4) is 0 Å². The highest BCUT2D eigenvalue weighted by Gasteiger charge is 2.47. The summed E-state index contributed by atoms with van der Waals surface area (Å²) >= 11 is 6.29. The summed E-state index contributed by atoms with van der Waals surface area (Å²) in [7, 11) is 0. The number of aliphatic hydroxyl groups excluding tert-OH is 1. The maximum atomic E-state index is 12.7. The van der Waals surface area contributed by atoms with Gasteiger partial charge in [0.25, 0.3) is 0 Å². The third-order valence-corrected chi connectivity index (χ3v) is 7.02. The first-order valence-electron chi connectivity index (χ1n) is 11.5. The predicted octanol–water partition coefficient (Wildman–Crippen LogP) is 3.25. The van der Waals surface area contributed by atoms with Gasteiger partial charge in [-0.1, -0.05) is 11.6 Å². The fourth-order valence-electron chi connectivity index (χ4n) is 4.48. The molecule has 1 aromatic carbocycles. The van der Waals surface area contributed by atoms with E-state index in [0.29, 0.717) is 54.0 Å². The van der Waals surface area contributed by atoms with Gasteiger partial charge in [-0.05, 0) is 38.0 Å². The first-order chi connectivity index (χ1) is 16.9. The maximum Gasteiger partial charge on any atom is 0.410 e. The number of ether oxygens (including phenoxy) is 3. The third kappa shape index (κ3) is 4.98. The average molecular weight is 500 g/mol. The summed E-state index contributed by atoms with van der Waals surface area (Å²) in [6, 6.07) is 6.89. The highest BCUT2D eigenvalue weighted by molar-refractivity contribution is 6.33. The molecule has 0 radical (unpaired) electrons. The van der Waals surface area contributed by atoms with E-state index in [-0.39, 0.29) is 42.1 Å². The molecule has 3 heterocycles. The molecule has 184 valence electrons. The Labute approximate surface area is 207 Å². The molecule has 2 aliphatic heterocycles. The van der Waals surface area contributed by atoms with Crippen molar-refractivity contribution in [3.63, 3.8) is 0 Å². The molecule has 2 N–H and O–H groups in total. The summed E-state index contributed by atoms with van der Waals surface area (Å²) in [5, 5.41) is 22.6. The number of anilines is 2. The van der Waals surface area contributed by atoms with E-state index in [1.807, 2.05) is 13.0 Å². The van der Waals surface area contributed by atoms with Crippen molar-refractivity contribution >= 4 is 29.2 Å². The van der Waals surface area contributed by atoms with Crippen molar-refractivity contribution in [2.24, 2.45) is 11.8 Å². The van der Waals surface area contributed by atoms with Gasteiger partial charge in [0.1, 0.15) is 23.9 Å². The normalized spacial score (nSPS) is 24.3. The van der Waals surface area contributed by atoms with Crippen LogP contribution in [0.5, 0.6) is 5.88 Å². The average Bonchev–Trinajstić information content (AvgIpc) is 3.56. The van der Waals surface area contributed by atoms with Gasteiger partial charge in [0.05, 0.1) is 47.7 Å². The van der Waals surface area contributed by atoms with Crippen LogP contribution in [-0.2, 0) is 16.1 Å². The summed E-state index contributed by atoms with van der Waals surface area (Å²) in [6.07, 6.45) is 2.62. The molecule has 3 aliphatic rings. The zero-order chi connectivity index (χ0) is 24.6. The number of nitrogens with one attached hydrogen (secondary N) is 1. The number of carbonyl (C=O) groups is 1. The molecule has 1 amide bonds. The molecule has 10 nitrogen and oxygen atoms in total. The van der Waals surface area contributed by atoms with Crippen molar-refractivity contribution in [1.29, 1.82) is 5.26 Å². The molecule has 35 heavy (non-hydrogen) atoms. The molecule has 1 aromatic heterocycles. The van der Waals surface area contributed by atoms with Crippen LogP contribution in [-0.4, -0.2) is 64.1 Å². The number of benzene rings is 1. The second-order valence-electron chi connectivity index (χ2n) is 9.46. The van der Waals surface area contributed by atoms with Crippen LogP contribution in [0.2, 0.25) is 5.02 Å². The summed E-state index contributed by atoms with van der Waals surface area (Å²) in [6.45, 7) is 3.42. The van der Waals surface area contributed by atoms with E-state index in [9.17, 15) is 9.90 Å². The Balaban J connectivity index is 1.33. The molecule has 0 spiro atoms. The molecule has 1 aliphatic carbocycles. The number of aromatic nitrogens is 2. The Morgan fingerprint density at radius 2 is 2.09 bits per heavy atom. The monoisotopic (exact) mass is 499 g/mol. The Morgan fingerprint density at radius 1 is 1.34 bits per heavy atom. The molecular formula is C24H26ClN5O5. The van der Waals surface area contributed by atoms with Gasteiger partial charge in [0.2, 0.25) is 5.88 Å². The molecule has 5 rings (SSSR count). The second kappa shape index (κ2) is 9.49. The minimum Gasteiger partial charge on any atom is -0.473 e. The van der Waals surface area contributed by atoms with Crippen LogP contribution >= 0.6 is 11.6 Å². The Bertz CT molecular complexity index is 1150. The molecule has 11 heteroatoms. The number of rotatable bonds is 6. The van der Waals surface area contributed by atoms with Crippen molar-refractivity contribution in [2.45, 2.75) is 38.1 Å². The number of nitriles is 1. The number of amides is 1. The molecule has 1 saturated carbocycles. The standard InChI is InChI=1S/C24H26ClN5O5/c1-24(4-5-24)35-23(32)30-8-15-11-33-12-16(9-30)20(15)34-22-17(10-31)21(27-13-28-22)29-19-3-2-14(7-26)6-18(19)25/h2-3,6,13,15-16,20,31H,4-5,8-12H2,1H3,(H,27,28,29). The fourth-order valence-corrected chi connectivity index (χ4v) is 4.71. The van der Waals surface area contributed by atoms with Crippen LogP contribution in [0.4, 0.5) is 16.3 Å². The lowest BCUT2D eigenvalue weighted by Crippen LogP contribution is -2.59. The zero-order valence-electron chi connectivity index (χ0n) is 19.2. The van der Waals surface area contributed by atoms with Crippen molar-refractivity contribution in [3.8, 4) is 11.9 Å². The molecule has 2 aromatic rings. The minimum absolute atomic E-state index is 0.0621. The van der Waals surface area contributed by atoms with Gasteiger partial charge in [0, 0.05) is 24.9 Å². The largest absolute Gasteiger partial charge is 0.473 e. The van der Waals surface area contributed by atoms with Gasteiger partial charge in [-0.3, -0.25) is 0 Å². The smallest absolute Gasteiger partial charge is 0.410 e. The number of likely N-dealkylation sites (tertiary alicyclic amines) is 1. The number of carbonyl (C=O) groups excluding carboxylic acids is 1. The summed E-state index contributed by atoms with van der Waals surface area (Å²) in [5.74, 6) is 0.489. The van der Waals surface area contributed by atoms with E-state index in [2.05, 4.69) is 15.3 Å². The van der Waals surface area contributed by atoms with Gasteiger partial charge in [-0.2, -0.15) is 5.26 Å². The molecular weight excluding hydrogens is 474 g/mol. The lowest BCUT2D eigenvalue weighted by atomic mass is 9.84. The van der Waals surface area contributed by atoms with Crippen molar-refractivity contribution < 1.29 is 24.1 Å². The van der Waals surface area contributed by atoms with Crippen molar-refractivity contribution in [1.82, 2.24) is 14.9 Å². The highest BCUT2D eigenvalue weighted by atomic mass is 35.5. The van der Waals surface area contributed by atoms with E-state index >= 15 is 0 Å². The molecule has 2 bridgehead atoms. The second-order valence-corrected chi connectivity index (χ2v) is 9.87. The quantitative estimate of drug-likeness (QED) is 0.614. The van der Waals surface area contributed by atoms with Crippen molar-refractivity contribution in [3.05, 3.63) is 40.7 Å². The van der Waals surface area contributed by atoms with Crippen molar-refractivity contribution in [2.75, 3.05) is 31.6 Å². The fraction of sp³-hybridized carbons (Fsp3) is 0.500.